The average molecular weight is 402 g/mol. The number of amides is 1. The zero-order chi connectivity index (χ0) is 17.8. The van der Waals surface area contributed by atoms with Crippen LogP contribution < -0.4 is 4.90 Å². The van der Waals surface area contributed by atoms with Gasteiger partial charge in [0.1, 0.15) is 0 Å². The van der Waals surface area contributed by atoms with Gasteiger partial charge in [-0.25, -0.2) is 0 Å². The quantitative estimate of drug-likeness (QED) is 0.784. The summed E-state index contributed by atoms with van der Waals surface area (Å²) in [7, 11) is 4.16. The number of piperazine rings is 1. The maximum Gasteiger partial charge on any atom is 0.255 e. The third kappa shape index (κ3) is 4.41. The van der Waals surface area contributed by atoms with Crippen molar-refractivity contribution in [1.82, 2.24) is 9.80 Å². The van der Waals surface area contributed by atoms with E-state index in [2.05, 4.69) is 64.1 Å². The standard InChI is InChI=1S/C20H24BrN3O/c1-22(2)15-16-6-5-7-17(14-16)23-10-12-24(13-11-23)20(25)18-8-3-4-9-19(18)21/h3-9,14H,10-13,15H2,1-2H3. The van der Waals surface area contributed by atoms with E-state index in [1.54, 1.807) is 0 Å². The summed E-state index contributed by atoms with van der Waals surface area (Å²) >= 11 is 3.48. The molecule has 132 valence electrons. The van der Waals surface area contributed by atoms with Crippen molar-refractivity contribution in [2.45, 2.75) is 6.54 Å². The fraction of sp³-hybridized carbons (Fsp3) is 0.350. The number of hydrogen-bond acceptors (Lipinski definition) is 3. The number of anilines is 1. The van der Waals surface area contributed by atoms with Gasteiger partial charge in [0.2, 0.25) is 0 Å². The number of carbonyl (C=O) groups excluding carboxylic acids is 1. The summed E-state index contributed by atoms with van der Waals surface area (Å²) in [5, 5.41) is 0. The molecule has 0 atom stereocenters. The molecule has 5 heteroatoms. The van der Waals surface area contributed by atoms with E-state index < -0.39 is 0 Å². The van der Waals surface area contributed by atoms with Crippen molar-refractivity contribution >= 4 is 27.5 Å². The summed E-state index contributed by atoms with van der Waals surface area (Å²) in [4.78, 5) is 19.2. The fourth-order valence-electron chi connectivity index (χ4n) is 3.19. The Bertz CT molecular complexity index is 739. The Morgan fingerprint density at radius 1 is 1.04 bits per heavy atom. The molecular weight excluding hydrogens is 378 g/mol. The van der Waals surface area contributed by atoms with Gasteiger partial charge in [-0.1, -0.05) is 24.3 Å². The highest BCUT2D eigenvalue weighted by atomic mass is 79.9. The first kappa shape index (κ1) is 18.0. The van der Waals surface area contributed by atoms with Gasteiger partial charge < -0.3 is 14.7 Å². The number of rotatable bonds is 4. The van der Waals surface area contributed by atoms with Gasteiger partial charge in [-0.2, -0.15) is 0 Å². The summed E-state index contributed by atoms with van der Waals surface area (Å²) in [6.45, 7) is 4.16. The largest absolute Gasteiger partial charge is 0.368 e. The van der Waals surface area contributed by atoms with Crippen LogP contribution in [0.5, 0.6) is 0 Å². The number of carbonyl (C=O) groups is 1. The van der Waals surface area contributed by atoms with Crippen LogP contribution >= 0.6 is 15.9 Å². The van der Waals surface area contributed by atoms with E-state index in [0.29, 0.717) is 0 Å². The predicted molar refractivity (Wildman–Crippen MR) is 106 cm³/mol. The molecule has 0 N–H and O–H groups in total. The Kier molecular flexibility index (Phi) is 5.76. The molecule has 1 aliphatic heterocycles. The van der Waals surface area contributed by atoms with Crippen LogP contribution in [0.1, 0.15) is 15.9 Å². The molecule has 0 aliphatic carbocycles. The zero-order valence-corrected chi connectivity index (χ0v) is 16.4. The normalized spacial score (nSPS) is 14.9. The molecule has 1 aliphatic rings. The highest BCUT2D eigenvalue weighted by Gasteiger charge is 2.23. The third-order valence-corrected chi connectivity index (χ3v) is 5.14. The summed E-state index contributed by atoms with van der Waals surface area (Å²) < 4.78 is 0.860. The van der Waals surface area contributed by atoms with Crippen molar-refractivity contribution in [3.05, 3.63) is 64.1 Å². The fourth-order valence-corrected chi connectivity index (χ4v) is 3.64. The van der Waals surface area contributed by atoms with Crippen LogP contribution in [-0.4, -0.2) is 56.0 Å². The highest BCUT2D eigenvalue weighted by Crippen LogP contribution is 2.22. The van der Waals surface area contributed by atoms with Crippen LogP contribution in [-0.2, 0) is 6.54 Å². The second-order valence-corrected chi connectivity index (χ2v) is 7.52. The average Bonchev–Trinajstić information content (AvgIpc) is 2.61. The second kappa shape index (κ2) is 8.02. The van der Waals surface area contributed by atoms with Crippen LogP contribution in [0.3, 0.4) is 0 Å². The lowest BCUT2D eigenvalue weighted by molar-refractivity contribution is 0.0746. The van der Waals surface area contributed by atoms with Crippen LogP contribution in [0.25, 0.3) is 0 Å². The van der Waals surface area contributed by atoms with E-state index in [-0.39, 0.29) is 5.91 Å². The van der Waals surface area contributed by atoms with Gasteiger partial charge in [0.15, 0.2) is 0 Å². The topological polar surface area (TPSA) is 26.8 Å². The molecule has 1 fully saturated rings. The molecule has 2 aromatic rings. The zero-order valence-electron chi connectivity index (χ0n) is 14.8. The molecule has 1 heterocycles. The van der Waals surface area contributed by atoms with Crippen molar-refractivity contribution in [3.8, 4) is 0 Å². The number of nitrogens with zero attached hydrogens (tertiary/aromatic N) is 3. The minimum atomic E-state index is 0.105. The molecule has 3 rings (SSSR count). The minimum absolute atomic E-state index is 0.105. The Hall–Kier alpha value is -1.85. The number of hydrogen-bond donors (Lipinski definition) is 0. The monoisotopic (exact) mass is 401 g/mol. The van der Waals surface area contributed by atoms with Crippen molar-refractivity contribution < 1.29 is 4.79 Å². The van der Waals surface area contributed by atoms with Crippen molar-refractivity contribution in [3.63, 3.8) is 0 Å². The lowest BCUT2D eigenvalue weighted by Gasteiger charge is -2.36. The van der Waals surface area contributed by atoms with Gasteiger partial charge in [-0.15, -0.1) is 0 Å². The smallest absolute Gasteiger partial charge is 0.255 e. The molecule has 1 saturated heterocycles. The van der Waals surface area contributed by atoms with Gasteiger partial charge in [-0.05, 0) is 59.9 Å². The summed E-state index contributed by atoms with van der Waals surface area (Å²) in [5.41, 5.74) is 3.30. The Labute approximate surface area is 158 Å². The first-order valence-corrected chi connectivity index (χ1v) is 9.36. The van der Waals surface area contributed by atoms with E-state index in [0.717, 1.165) is 42.8 Å². The van der Waals surface area contributed by atoms with E-state index in [1.807, 2.05) is 29.2 Å². The van der Waals surface area contributed by atoms with Gasteiger partial charge in [-0.3, -0.25) is 4.79 Å². The second-order valence-electron chi connectivity index (χ2n) is 6.67. The van der Waals surface area contributed by atoms with E-state index in [1.165, 1.54) is 11.3 Å². The Morgan fingerprint density at radius 2 is 1.76 bits per heavy atom. The maximum atomic E-state index is 12.7. The van der Waals surface area contributed by atoms with E-state index in [9.17, 15) is 4.79 Å². The molecular formula is C20H24BrN3O. The predicted octanol–water partition coefficient (Wildman–Crippen LogP) is 3.47. The molecule has 0 unspecified atom stereocenters. The molecule has 0 saturated carbocycles. The molecule has 0 spiro atoms. The van der Waals surface area contributed by atoms with Crippen molar-refractivity contribution in [2.75, 3.05) is 45.2 Å². The Balaban J connectivity index is 1.64. The highest BCUT2D eigenvalue weighted by molar-refractivity contribution is 9.10. The van der Waals surface area contributed by atoms with Crippen molar-refractivity contribution in [1.29, 1.82) is 0 Å². The van der Waals surface area contributed by atoms with Gasteiger partial charge in [0.05, 0.1) is 5.56 Å². The molecule has 0 aromatic heterocycles. The first-order valence-electron chi connectivity index (χ1n) is 8.57. The van der Waals surface area contributed by atoms with Gasteiger partial charge in [0, 0.05) is 42.9 Å². The van der Waals surface area contributed by atoms with Crippen LogP contribution in [0.2, 0.25) is 0 Å². The summed E-state index contributed by atoms with van der Waals surface area (Å²) in [6, 6.07) is 16.3. The van der Waals surface area contributed by atoms with Crippen LogP contribution in [0, 0.1) is 0 Å². The van der Waals surface area contributed by atoms with Crippen LogP contribution in [0.4, 0.5) is 5.69 Å². The molecule has 1 amide bonds. The number of halogens is 1. The molecule has 25 heavy (non-hydrogen) atoms. The molecule has 0 radical (unpaired) electrons. The molecule has 0 bridgehead atoms. The number of benzene rings is 2. The lowest BCUT2D eigenvalue weighted by Crippen LogP contribution is -2.48. The third-order valence-electron chi connectivity index (χ3n) is 4.45. The van der Waals surface area contributed by atoms with Gasteiger partial charge >= 0.3 is 0 Å². The Morgan fingerprint density at radius 3 is 2.44 bits per heavy atom. The first-order chi connectivity index (χ1) is 12.0. The SMILES string of the molecule is CN(C)Cc1cccc(N2CCN(C(=O)c3ccccc3Br)CC2)c1. The summed E-state index contributed by atoms with van der Waals surface area (Å²) in [5.74, 6) is 0.105. The van der Waals surface area contributed by atoms with Gasteiger partial charge in [0.25, 0.3) is 5.91 Å². The van der Waals surface area contributed by atoms with Crippen molar-refractivity contribution in [2.24, 2.45) is 0 Å². The van der Waals surface area contributed by atoms with Crippen LogP contribution in [0.15, 0.2) is 53.0 Å². The van der Waals surface area contributed by atoms with E-state index >= 15 is 0 Å². The lowest BCUT2D eigenvalue weighted by atomic mass is 10.1. The minimum Gasteiger partial charge on any atom is -0.368 e. The maximum absolute atomic E-state index is 12.7. The molecule has 2 aromatic carbocycles. The molecule has 4 nitrogen and oxygen atoms in total. The van der Waals surface area contributed by atoms with E-state index in [4.69, 9.17) is 0 Å². The summed E-state index contributed by atoms with van der Waals surface area (Å²) in [6.07, 6.45) is 0.